The van der Waals surface area contributed by atoms with Crippen molar-refractivity contribution >= 4 is 0 Å². The quantitative estimate of drug-likeness (QED) is 0.310. The summed E-state index contributed by atoms with van der Waals surface area (Å²) in [6.07, 6.45) is 14.2. The first kappa shape index (κ1) is 21.5. The van der Waals surface area contributed by atoms with Gasteiger partial charge in [0.25, 0.3) is 0 Å². The number of quaternary nitrogens is 1. The van der Waals surface area contributed by atoms with Gasteiger partial charge in [-0.2, -0.15) is 10.4 Å². The predicted octanol–water partition coefficient (Wildman–Crippen LogP) is 1.92. The molecule has 3 nitrogen and oxygen atoms in total. The largest absolute Gasteiger partial charge is 1.00 e. The number of rotatable bonds is 13. The molecule has 0 aromatic heterocycles. The van der Waals surface area contributed by atoms with Crippen LogP contribution in [0.4, 0.5) is 0 Å². The Morgan fingerprint density at radius 2 is 1.00 bits per heavy atom. The van der Waals surface area contributed by atoms with E-state index in [4.69, 9.17) is 0 Å². The van der Waals surface area contributed by atoms with E-state index in [-0.39, 0.29) is 12.4 Å². The van der Waals surface area contributed by atoms with Crippen LogP contribution in [-0.4, -0.2) is 28.3 Å². The van der Waals surface area contributed by atoms with Gasteiger partial charge in [0.2, 0.25) is 0 Å². The molecule has 0 bridgehead atoms. The molecule has 0 fully saturated rings. The standard InChI is InChI=1S/C15H34NO2.ClH/c1-3-5-6-7-8-9-10-11-12-13-14-15-16(17,18)4-2;/h17-18H,3-15H2,1-2H3;1H/q+1;/p-1. The minimum Gasteiger partial charge on any atom is -1.00 e. The summed E-state index contributed by atoms with van der Waals surface area (Å²) in [5.41, 5.74) is 0. The lowest BCUT2D eigenvalue weighted by Crippen LogP contribution is -3.00. The van der Waals surface area contributed by atoms with Crippen molar-refractivity contribution in [2.24, 2.45) is 0 Å². The van der Waals surface area contributed by atoms with Gasteiger partial charge in [-0.15, -0.1) is 0 Å². The Labute approximate surface area is 125 Å². The molecule has 0 aliphatic rings. The number of unbranched alkanes of at least 4 members (excludes halogenated alkanes) is 10. The van der Waals surface area contributed by atoms with Gasteiger partial charge in [-0.25, -0.2) is 0 Å². The Balaban J connectivity index is 0. The molecule has 19 heavy (non-hydrogen) atoms. The zero-order valence-corrected chi connectivity index (χ0v) is 13.7. The van der Waals surface area contributed by atoms with Gasteiger partial charge in [0, 0.05) is 6.42 Å². The fraction of sp³-hybridized carbons (Fsp3) is 1.00. The first-order valence-corrected chi connectivity index (χ1v) is 7.95. The molecule has 0 atom stereocenters. The summed E-state index contributed by atoms with van der Waals surface area (Å²) >= 11 is 0. The summed E-state index contributed by atoms with van der Waals surface area (Å²) in [4.78, 5) is -0.808. The number of hydrogen-bond acceptors (Lipinski definition) is 2. The van der Waals surface area contributed by atoms with Crippen molar-refractivity contribution in [3.63, 3.8) is 0 Å². The normalized spacial score (nSPS) is 11.4. The van der Waals surface area contributed by atoms with Crippen molar-refractivity contribution in [3.05, 3.63) is 0 Å². The molecule has 0 amide bonds. The molecule has 4 heteroatoms. The molecule has 118 valence electrons. The van der Waals surface area contributed by atoms with Crippen LogP contribution in [-0.2, 0) is 0 Å². The van der Waals surface area contributed by atoms with E-state index in [0.29, 0.717) is 13.1 Å². The monoisotopic (exact) mass is 295 g/mol. The SMILES string of the molecule is CCCCCCCCCCCCC[N+](O)(O)CC.[Cl-]. The Hall–Kier alpha value is 0.170. The van der Waals surface area contributed by atoms with Gasteiger partial charge in [0.05, 0.1) is 0 Å². The van der Waals surface area contributed by atoms with Crippen molar-refractivity contribution in [3.8, 4) is 0 Å². The maximum absolute atomic E-state index is 9.36. The minimum absolute atomic E-state index is 0. The van der Waals surface area contributed by atoms with Crippen molar-refractivity contribution in [1.82, 2.24) is 0 Å². The third-order valence-corrected chi connectivity index (χ3v) is 3.63. The summed E-state index contributed by atoms with van der Waals surface area (Å²) in [7, 11) is 0. The fourth-order valence-electron chi connectivity index (χ4n) is 2.19. The number of hydroxylamine groups is 4. The molecule has 0 saturated heterocycles. The van der Waals surface area contributed by atoms with Gasteiger partial charge in [-0.1, -0.05) is 64.7 Å². The highest BCUT2D eigenvalue weighted by Gasteiger charge is 2.17. The van der Waals surface area contributed by atoms with Crippen LogP contribution in [0.3, 0.4) is 0 Å². The maximum atomic E-state index is 9.36. The van der Waals surface area contributed by atoms with Gasteiger partial charge in [0.15, 0.2) is 0 Å². The average Bonchev–Trinajstić information content (AvgIpc) is 2.36. The van der Waals surface area contributed by atoms with Crippen LogP contribution in [0.2, 0.25) is 0 Å². The van der Waals surface area contributed by atoms with Gasteiger partial charge in [-0.3, -0.25) is 0 Å². The Bertz CT molecular complexity index is 178. The van der Waals surface area contributed by atoms with E-state index in [1.165, 1.54) is 57.8 Å². The highest BCUT2D eigenvalue weighted by molar-refractivity contribution is 4.47. The van der Waals surface area contributed by atoms with Gasteiger partial charge in [0.1, 0.15) is 13.1 Å². The molecular weight excluding hydrogens is 262 g/mol. The molecule has 0 spiro atoms. The highest BCUT2D eigenvalue weighted by Crippen LogP contribution is 2.11. The molecule has 0 heterocycles. The van der Waals surface area contributed by atoms with Crippen molar-refractivity contribution in [2.45, 2.75) is 84.5 Å². The first-order valence-electron chi connectivity index (χ1n) is 7.95. The smallest absolute Gasteiger partial charge is 0.142 e. The summed E-state index contributed by atoms with van der Waals surface area (Å²) in [5.74, 6) is 0. The zero-order chi connectivity index (χ0) is 13.7. The van der Waals surface area contributed by atoms with E-state index in [2.05, 4.69) is 6.92 Å². The van der Waals surface area contributed by atoms with E-state index < -0.39 is 4.81 Å². The summed E-state index contributed by atoms with van der Waals surface area (Å²) in [5, 5.41) is 18.7. The van der Waals surface area contributed by atoms with Crippen LogP contribution < -0.4 is 12.4 Å². The second-order valence-electron chi connectivity index (χ2n) is 5.45. The van der Waals surface area contributed by atoms with E-state index in [9.17, 15) is 10.4 Å². The lowest BCUT2D eigenvalue weighted by molar-refractivity contribution is -1.24. The molecule has 0 aliphatic carbocycles. The first-order chi connectivity index (χ1) is 8.62. The van der Waals surface area contributed by atoms with Gasteiger partial charge < -0.3 is 12.4 Å². The molecule has 2 N–H and O–H groups in total. The van der Waals surface area contributed by atoms with E-state index >= 15 is 0 Å². The highest BCUT2D eigenvalue weighted by atomic mass is 35.5. The van der Waals surface area contributed by atoms with Gasteiger partial charge >= 0.3 is 0 Å². The Morgan fingerprint density at radius 3 is 1.37 bits per heavy atom. The molecule has 0 saturated carbocycles. The lowest BCUT2D eigenvalue weighted by atomic mass is 10.1. The molecule has 0 aromatic carbocycles. The Morgan fingerprint density at radius 1 is 0.632 bits per heavy atom. The molecule has 0 aliphatic heterocycles. The third-order valence-electron chi connectivity index (χ3n) is 3.63. The summed E-state index contributed by atoms with van der Waals surface area (Å²) < 4.78 is 0. The third kappa shape index (κ3) is 16.1. The molecule has 0 radical (unpaired) electrons. The minimum atomic E-state index is -0.808. The number of halogens is 1. The molecule has 0 aromatic rings. The molecule has 0 rings (SSSR count). The molecule has 0 unspecified atom stereocenters. The van der Waals surface area contributed by atoms with Crippen LogP contribution in [0, 0.1) is 0 Å². The second kappa shape index (κ2) is 14.6. The zero-order valence-electron chi connectivity index (χ0n) is 12.9. The van der Waals surface area contributed by atoms with Crippen molar-refractivity contribution < 1.29 is 27.6 Å². The van der Waals surface area contributed by atoms with E-state index in [0.717, 1.165) is 12.8 Å². The number of nitrogens with zero attached hydrogens (tertiary/aromatic N) is 1. The van der Waals surface area contributed by atoms with E-state index in [1.54, 1.807) is 6.92 Å². The second-order valence-corrected chi connectivity index (χ2v) is 5.45. The topological polar surface area (TPSA) is 40.5 Å². The van der Waals surface area contributed by atoms with Crippen molar-refractivity contribution in [2.75, 3.05) is 13.1 Å². The van der Waals surface area contributed by atoms with Gasteiger partial charge in [-0.05, 0) is 18.2 Å². The molecular formula is C15H34ClNO2. The summed E-state index contributed by atoms with van der Waals surface area (Å²) in [6, 6.07) is 0. The van der Waals surface area contributed by atoms with Crippen LogP contribution in [0.25, 0.3) is 0 Å². The fourth-order valence-corrected chi connectivity index (χ4v) is 2.19. The van der Waals surface area contributed by atoms with Crippen molar-refractivity contribution in [1.29, 1.82) is 0 Å². The number of hydrogen-bond donors (Lipinski definition) is 2. The van der Waals surface area contributed by atoms with Crippen LogP contribution in [0.1, 0.15) is 84.5 Å². The summed E-state index contributed by atoms with van der Waals surface area (Å²) in [6.45, 7) is 4.88. The van der Waals surface area contributed by atoms with Crippen LogP contribution in [0.15, 0.2) is 0 Å². The predicted molar refractivity (Wildman–Crippen MR) is 75.7 cm³/mol. The van der Waals surface area contributed by atoms with Crippen LogP contribution in [0.5, 0.6) is 0 Å². The Kier molecular flexibility index (Phi) is 16.5. The average molecular weight is 296 g/mol. The lowest BCUT2D eigenvalue weighted by Gasteiger charge is -2.18. The van der Waals surface area contributed by atoms with Crippen LogP contribution >= 0.6 is 0 Å². The van der Waals surface area contributed by atoms with E-state index in [1.807, 2.05) is 0 Å². The maximum Gasteiger partial charge on any atom is 0.142 e.